The van der Waals surface area contributed by atoms with Gasteiger partial charge in [-0.3, -0.25) is 57.5 Å². The Morgan fingerprint density at radius 1 is 0.627 bits per heavy atom. The van der Waals surface area contributed by atoms with Crippen molar-refractivity contribution in [3.63, 3.8) is 0 Å². The maximum atomic E-state index is 15.7. The Morgan fingerprint density at radius 2 is 1.25 bits per heavy atom. The number of hydrazine groups is 2. The molecule has 4 heterocycles. The van der Waals surface area contributed by atoms with E-state index in [-0.39, 0.29) is 88.5 Å². The molecule has 27 nitrogen and oxygen atoms in total. The zero-order chi connectivity index (χ0) is 75.4. The second-order valence-electron chi connectivity index (χ2n) is 31.2. The molecule has 0 bridgehead atoms. The summed E-state index contributed by atoms with van der Waals surface area (Å²) in [5.74, 6) is -11.2. The van der Waals surface area contributed by atoms with Crippen LogP contribution in [0.2, 0.25) is 0 Å². The first kappa shape index (κ1) is 82.9. The predicted octanol–water partition coefficient (Wildman–Crippen LogP) is 3.47. The van der Waals surface area contributed by atoms with E-state index in [0.717, 1.165) is 46.8 Å². The minimum Gasteiger partial charge on any atom is -0.343 e. The van der Waals surface area contributed by atoms with E-state index in [1.165, 1.54) is 73.8 Å². The molecule has 3 saturated carbocycles. The highest BCUT2D eigenvalue weighted by Crippen LogP contribution is 2.44. The van der Waals surface area contributed by atoms with Crippen molar-refractivity contribution in [2.24, 2.45) is 35.5 Å². The van der Waals surface area contributed by atoms with Crippen molar-refractivity contribution in [3.8, 4) is 0 Å². The first-order valence-corrected chi connectivity index (χ1v) is 37.7. The average Bonchev–Trinajstić information content (AvgIpc) is 1.44. The van der Waals surface area contributed by atoms with Crippen LogP contribution >= 0.6 is 11.6 Å². The molecule has 5 N–H and O–H groups in total. The summed E-state index contributed by atoms with van der Waals surface area (Å²) in [4.78, 5) is 191. The van der Waals surface area contributed by atoms with Crippen LogP contribution in [0.15, 0.2) is 0 Å². The maximum absolute atomic E-state index is 15.7. The molecule has 7 aliphatic rings. The molecule has 4 aliphatic heterocycles. The molecular formula is C71H117ClF3N15O12. The van der Waals surface area contributed by atoms with Crippen LogP contribution in [-0.2, 0) is 57.5 Å². The van der Waals surface area contributed by atoms with Crippen molar-refractivity contribution in [2.45, 2.75) is 242 Å². The summed E-state index contributed by atoms with van der Waals surface area (Å²) in [6.45, 7) is 10.8. The van der Waals surface area contributed by atoms with E-state index < -0.39 is 180 Å². The number of nitrogens with zero attached hydrogens (tertiary/aromatic N) is 10. The van der Waals surface area contributed by atoms with Gasteiger partial charge in [-0.1, -0.05) is 86.5 Å². The normalized spacial score (nSPS) is 30.3. The molecule has 7 rings (SSSR count). The van der Waals surface area contributed by atoms with E-state index in [9.17, 15) is 46.7 Å². The lowest BCUT2D eigenvalue weighted by molar-refractivity contribution is -0.182. The van der Waals surface area contributed by atoms with Crippen LogP contribution in [0.4, 0.5) is 13.2 Å². The van der Waals surface area contributed by atoms with Gasteiger partial charge in [0.25, 0.3) is 0 Å². The first-order chi connectivity index (χ1) is 48.0. The Labute approximate surface area is 605 Å². The maximum Gasteiger partial charge on any atom is 0.393 e. The quantitative estimate of drug-likeness (QED) is 0.175. The Balaban J connectivity index is 1.29. The molecule has 3 unspecified atom stereocenters. The molecule has 7 fully saturated rings. The SMILES string of the molecule is CC[C@H](C)[C@@H]1NC(=O)[C@H](CC(C)C)N(C)C(=O)C[C@@H](C(=O)N2CCCCC2)N(C)C(=O)[C@H](C(C)C)N(C)C(=O)C2(CCCC2)NC(=O)[C@@H]2C[C@H](N3CCNN3)CN2C(=O)[C@H](CCC2CCC(C(F)(F)F)C(Cl)C2)NC(=O)CN(C)C(=O)[C@H](CC2CCCC2)N(C)C(=O)CN(C)C(=O)CN(C)C1=O. The fourth-order valence-electron chi connectivity index (χ4n) is 16.3. The largest absolute Gasteiger partial charge is 0.393 e. The van der Waals surface area contributed by atoms with E-state index >= 15 is 24.0 Å². The van der Waals surface area contributed by atoms with Crippen LogP contribution in [0.1, 0.15) is 176 Å². The molecule has 12 atom stereocenters. The molecule has 576 valence electrons. The van der Waals surface area contributed by atoms with Gasteiger partial charge in [0, 0.05) is 93.5 Å². The summed E-state index contributed by atoms with van der Waals surface area (Å²) >= 11 is 6.44. The van der Waals surface area contributed by atoms with Gasteiger partial charge < -0.3 is 60.0 Å². The second kappa shape index (κ2) is 36.5. The lowest BCUT2D eigenvalue weighted by Gasteiger charge is -2.42. The van der Waals surface area contributed by atoms with Crippen LogP contribution in [0.5, 0.6) is 0 Å². The minimum absolute atomic E-state index is 0.0189. The molecule has 0 aromatic carbocycles. The Bertz CT molecular complexity index is 2980. The smallest absolute Gasteiger partial charge is 0.343 e. The van der Waals surface area contributed by atoms with Crippen LogP contribution in [0.25, 0.3) is 0 Å². The van der Waals surface area contributed by atoms with Crippen molar-refractivity contribution >= 4 is 82.5 Å². The molecule has 0 radical (unpaired) electrons. The second-order valence-corrected chi connectivity index (χ2v) is 31.7. The number of nitrogens with one attached hydrogen (secondary N) is 5. The van der Waals surface area contributed by atoms with Crippen LogP contribution in [0, 0.1) is 35.5 Å². The molecule has 3 aliphatic carbocycles. The van der Waals surface area contributed by atoms with Gasteiger partial charge in [-0.25, -0.2) is 10.4 Å². The molecule has 102 heavy (non-hydrogen) atoms. The van der Waals surface area contributed by atoms with Crippen LogP contribution in [-0.4, -0.2) is 287 Å². The van der Waals surface area contributed by atoms with Crippen LogP contribution in [0.3, 0.4) is 0 Å². The minimum atomic E-state index is -4.52. The van der Waals surface area contributed by atoms with E-state index in [1.54, 1.807) is 25.7 Å². The highest BCUT2D eigenvalue weighted by atomic mass is 35.5. The first-order valence-electron chi connectivity index (χ1n) is 37.3. The number of carbonyl (C=O) groups excluding carboxylic acids is 12. The lowest BCUT2D eigenvalue weighted by atomic mass is 9.78. The zero-order valence-electron chi connectivity index (χ0n) is 62.5. The molecule has 1 spiro atoms. The van der Waals surface area contributed by atoms with Gasteiger partial charge in [0.1, 0.15) is 47.8 Å². The molecule has 4 saturated heterocycles. The summed E-state index contributed by atoms with van der Waals surface area (Å²) in [5, 5.41) is 9.46. The van der Waals surface area contributed by atoms with Crippen molar-refractivity contribution in [3.05, 3.63) is 0 Å². The van der Waals surface area contributed by atoms with Crippen molar-refractivity contribution in [1.29, 1.82) is 0 Å². The number of hydrogen-bond donors (Lipinski definition) is 5. The van der Waals surface area contributed by atoms with Gasteiger partial charge in [0.05, 0.1) is 32.0 Å². The number of alkyl halides is 4. The molecule has 0 aromatic rings. The van der Waals surface area contributed by atoms with Gasteiger partial charge in [-0.15, -0.1) is 11.6 Å². The van der Waals surface area contributed by atoms with Gasteiger partial charge in [0.15, 0.2) is 0 Å². The molecule has 31 heteroatoms. The monoisotopic (exact) mass is 1460 g/mol. The van der Waals surface area contributed by atoms with Crippen LogP contribution < -0.4 is 26.9 Å². The lowest BCUT2D eigenvalue weighted by Crippen LogP contribution is -2.65. The fraction of sp³-hybridized carbons (Fsp3) is 0.831. The predicted molar refractivity (Wildman–Crippen MR) is 375 cm³/mol. The number of carbonyl (C=O) groups is 12. The van der Waals surface area contributed by atoms with E-state index in [0.29, 0.717) is 58.3 Å². The van der Waals surface area contributed by atoms with Crippen molar-refractivity contribution in [2.75, 3.05) is 102 Å². The standard InChI is InChI=1S/C71H117ClF3N15O12/c1-14-45(6)60-67(100)83(9)41-58(93)81(7)42-59(94)85(11)54(36-46-22-16-17-23-46)65(98)82(8)40-56(91)77-51(27-25-47-24-26-49(50(72)35-47)71(73,74)75)64(97)89-39-48(90-33-30-76-80-90)37-53(89)63(96)79-70(28-18-19-29-70)69(102)87(13)61(44(4)5)68(101)86(12)55(66(99)88-31-20-15-21-32-88)38-57(92)84(10)52(34-43(2)3)62(95)78-60/h43-55,60-61,76,80H,14-42H2,1-13H3,(H,77,91)(H,78,95)(H,79,96)/t45-,47?,48-,49?,50?,51-,52-,53-,54-,55-,60-,61-/m0/s1. The Morgan fingerprint density at radius 3 is 1.84 bits per heavy atom. The average molecular weight is 1470 g/mol. The molecular weight excluding hydrogens is 1350 g/mol. The van der Waals surface area contributed by atoms with Crippen molar-refractivity contribution in [1.82, 2.24) is 76.0 Å². The summed E-state index contributed by atoms with van der Waals surface area (Å²) in [6, 6.07) is -9.38. The topological polar surface area (TPSA) is 297 Å². The number of likely N-dealkylation sites (N-methyl/N-ethyl adjacent to an activating group) is 7. The number of fused-ring (bicyclic) bond motifs is 1. The molecule has 12 amide bonds. The van der Waals surface area contributed by atoms with E-state index in [1.807, 2.05) is 25.8 Å². The zero-order valence-corrected chi connectivity index (χ0v) is 63.3. The number of rotatable bonds is 12. The summed E-state index contributed by atoms with van der Waals surface area (Å²) in [7, 11) is 9.91. The number of amides is 12. The van der Waals surface area contributed by atoms with E-state index in [4.69, 9.17) is 11.6 Å². The number of halogens is 4. The Kier molecular flexibility index (Phi) is 29.7. The van der Waals surface area contributed by atoms with Crippen molar-refractivity contribution < 1.29 is 70.7 Å². The summed E-state index contributed by atoms with van der Waals surface area (Å²) in [6.07, 6.45) is 2.49. The van der Waals surface area contributed by atoms with Gasteiger partial charge in [0.2, 0.25) is 70.9 Å². The summed E-state index contributed by atoms with van der Waals surface area (Å²) in [5.41, 5.74) is 4.55. The van der Waals surface area contributed by atoms with Gasteiger partial charge in [-0.05, 0) is 113 Å². The number of hydrogen-bond acceptors (Lipinski definition) is 15. The third-order valence-corrected chi connectivity index (χ3v) is 23.4. The third kappa shape index (κ3) is 20.6. The van der Waals surface area contributed by atoms with E-state index in [2.05, 4.69) is 26.9 Å². The Hall–Kier alpha value is -6.40. The highest BCUT2D eigenvalue weighted by molar-refractivity contribution is 6.21. The van der Waals surface area contributed by atoms with Gasteiger partial charge in [-0.2, -0.15) is 18.7 Å². The van der Waals surface area contributed by atoms with Gasteiger partial charge >= 0.3 is 6.18 Å². The molecule has 0 aromatic heterocycles. The number of piperidine rings is 1. The highest BCUT2D eigenvalue weighted by Gasteiger charge is 2.53. The summed E-state index contributed by atoms with van der Waals surface area (Å²) < 4.78 is 42.3. The third-order valence-electron chi connectivity index (χ3n) is 22.9. The number of likely N-dealkylation sites (tertiary alicyclic amines) is 1. The fourth-order valence-corrected chi connectivity index (χ4v) is 16.8.